The largest absolute Gasteiger partial charge is 1.00 e. The van der Waals surface area contributed by atoms with Gasteiger partial charge in [0.05, 0.1) is 0 Å². The molecule has 7 heteroatoms. The summed E-state index contributed by atoms with van der Waals surface area (Å²) < 4.78 is 38.8. The van der Waals surface area contributed by atoms with Crippen LogP contribution in [-0.4, -0.2) is 13.0 Å². The molecule has 2 aromatic rings. The summed E-state index contributed by atoms with van der Waals surface area (Å²) in [5.74, 6) is 0.112. The number of hydrogen-bond donors (Lipinski definition) is 1. The van der Waals surface area contributed by atoms with E-state index in [2.05, 4.69) is 6.92 Å². The monoisotopic (exact) mass is 414 g/mol. The Kier molecular flexibility index (Phi) is 11.2. The fourth-order valence-electron chi connectivity index (χ4n) is 3.01. The van der Waals surface area contributed by atoms with E-state index in [1.54, 1.807) is 24.3 Å². The first kappa shape index (κ1) is 25.0. The molecule has 0 radical (unpaired) electrons. The molecule has 0 aliphatic carbocycles. The Morgan fingerprint density at radius 2 is 1.61 bits per heavy atom. The van der Waals surface area contributed by atoms with Crippen LogP contribution in [0.4, 0.5) is 0 Å². The van der Waals surface area contributed by atoms with E-state index >= 15 is 0 Å². The van der Waals surface area contributed by atoms with Gasteiger partial charge in [-0.3, -0.25) is 4.55 Å². The van der Waals surface area contributed by atoms with E-state index < -0.39 is 10.1 Å². The van der Waals surface area contributed by atoms with Crippen molar-refractivity contribution in [1.29, 1.82) is 0 Å². The Morgan fingerprint density at radius 3 is 2.25 bits per heavy atom. The second-order valence-corrected chi connectivity index (χ2v) is 8.06. The van der Waals surface area contributed by atoms with E-state index in [0.29, 0.717) is 12.0 Å². The maximum Gasteiger partial charge on any atom is 1.00 e. The predicted molar refractivity (Wildman–Crippen MR) is 104 cm³/mol. The van der Waals surface area contributed by atoms with Crippen LogP contribution < -0.4 is 39.4 Å². The Labute approximate surface area is 190 Å². The molecule has 0 atom stereocenters. The van der Waals surface area contributed by atoms with Crippen LogP contribution >= 0.6 is 0 Å². The molecule has 0 aromatic heterocycles. The average molecular weight is 414 g/mol. The van der Waals surface area contributed by atoms with Gasteiger partial charge >= 0.3 is 29.6 Å². The summed E-state index contributed by atoms with van der Waals surface area (Å²) in [6, 6.07) is 10.5. The first-order chi connectivity index (χ1) is 12.9. The molecule has 2 aromatic carbocycles. The van der Waals surface area contributed by atoms with Crippen molar-refractivity contribution < 1.29 is 52.4 Å². The van der Waals surface area contributed by atoms with Crippen molar-refractivity contribution in [2.45, 2.75) is 63.2 Å². The van der Waals surface area contributed by atoms with Gasteiger partial charge < -0.3 is 9.84 Å². The first-order valence-corrected chi connectivity index (χ1v) is 10.9. The molecular formula is C21H27NaO5S. The van der Waals surface area contributed by atoms with Crippen LogP contribution in [0.1, 0.15) is 57.4 Å². The van der Waals surface area contributed by atoms with Crippen molar-refractivity contribution in [1.82, 2.24) is 0 Å². The van der Waals surface area contributed by atoms with Crippen LogP contribution in [0.2, 0.25) is 0 Å². The second-order valence-electron chi connectivity index (χ2n) is 6.67. The number of rotatable bonds is 11. The number of hydrogen-bond acceptors (Lipinski definition) is 4. The van der Waals surface area contributed by atoms with Gasteiger partial charge in [-0.25, -0.2) is 0 Å². The zero-order chi connectivity index (χ0) is 19.7. The molecule has 5 nitrogen and oxygen atoms in total. The number of aryl methyl sites for hydroxylation is 1. The molecular weight excluding hydrogens is 387 g/mol. The molecule has 2 rings (SSSR count). The molecule has 0 aliphatic heterocycles. The summed E-state index contributed by atoms with van der Waals surface area (Å²) in [5, 5.41) is 11.5. The molecule has 148 valence electrons. The molecule has 0 bridgehead atoms. The molecule has 0 spiro atoms. The summed E-state index contributed by atoms with van der Waals surface area (Å²) in [5.41, 5.74) is 0.704. The Bertz CT molecular complexity index is 836. The predicted octanol–water partition coefficient (Wildman–Crippen LogP) is 2.10. The summed E-state index contributed by atoms with van der Waals surface area (Å²) in [7, 11) is -4.43. The van der Waals surface area contributed by atoms with Gasteiger partial charge in [0.2, 0.25) is 0 Å². The molecule has 0 saturated carbocycles. The van der Waals surface area contributed by atoms with E-state index in [-0.39, 0.29) is 51.7 Å². The fourth-order valence-corrected chi connectivity index (χ4v) is 3.66. The maximum atomic E-state index is 11.8. The Balaban J connectivity index is 0.00000392. The van der Waals surface area contributed by atoms with Crippen LogP contribution in [0, 0.1) is 0 Å². The van der Waals surface area contributed by atoms with Gasteiger partial charge in [0.25, 0.3) is 10.1 Å². The number of ether oxygens (including phenoxy) is 1. The van der Waals surface area contributed by atoms with Gasteiger partial charge in [0, 0.05) is 0 Å². The van der Waals surface area contributed by atoms with Gasteiger partial charge in [0.1, 0.15) is 10.6 Å². The summed E-state index contributed by atoms with van der Waals surface area (Å²) in [6.07, 6.45) is 8.66. The zero-order valence-corrected chi connectivity index (χ0v) is 19.5. The van der Waals surface area contributed by atoms with Crippen LogP contribution in [0.15, 0.2) is 47.4 Å². The van der Waals surface area contributed by atoms with Crippen molar-refractivity contribution in [3.05, 3.63) is 48.0 Å². The zero-order valence-electron chi connectivity index (χ0n) is 16.7. The molecule has 0 saturated heterocycles. The average Bonchev–Trinajstić information content (AvgIpc) is 2.61. The Hall–Kier alpha value is -1.05. The third kappa shape index (κ3) is 8.13. The standard InChI is InChI=1S/C21H28O5S.Na/c1-2-3-4-5-6-7-8-11-17-12-9-15-20(27(23,24)25)21(17)26-19-14-10-13-18(22)16-19;/h9-10,12-16,22H,2-8,11H2,1H3,(H,23,24,25);/q;+1/p-1. The van der Waals surface area contributed by atoms with Crippen molar-refractivity contribution in [3.63, 3.8) is 0 Å². The number of para-hydroxylation sites is 1. The third-order valence-electron chi connectivity index (χ3n) is 4.41. The molecule has 0 unspecified atom stereocenters. The second kappa shape index (κ2) is 12.5. The summed E-state index contributed by atoms with van der Waals surface area (Å²) in [6.45, 7) is 2.19. The van der Waals surface area contributed by atoms with Crippen LogP contribution in [0.25, 0.3) is 0 Å². The Morgan fingerprint density at radius 1 is 0.964 bits per heavy atom. The topological polar surface area (TPSA) is 86.7 Å². The molecule has 0 heterocycles. The smallest absolute Gasteiger partial charge is 0.872 e. The molecule has 0 fully saturated rings. The maximum absolute atomic E-state index is 11.8. The van der Waals surface area contributed by atoms with Gasteiger partial charge in [-0.15, -0.1) is 5.75 Å². The van der Waals surface area contributed by atoms with E-state index in [1.165, 1.54) is 43.9 Å². The minimum atomic E-state index is -4.43. The van der Waals surface area contributed by atoms with Crippen LogP contribution in [0.5, 0.6) is 17.2 Å². The van der Waals surface area contributed by atoms with Crippen molar-refractivity contribution in [3.8, 4) is 17.2 Å². The van der Waals surface area contributed by atoms with Crippen LogP contribution in [0.3, 0.4) is 0 Å². The molecule has 1 N–H and O–H groups in total. The first-order valence-electron chi connectivity index (χ1n) is 9.46. The molecule has 0 amide bonds. The summed E-state index contributed by atoms with van der Waals surface area (Å²) in [4.78, 5) is -0.278. The van der Waals surface area contributed by atoms with Gasteiger partial charge in [0.15, 0.2) is 5.75 Å². The number of unbranched alkanes of at least 4 members (excludes halogenated alkanes) is 6. The summed E-state index contributed by atoms with van der Waals surface area (Å²) >= 11 is 0. The quantitative estimate of drug-likeness (QED) is 0.346. The normalized spacial score (nSPS) is 11.1. The van der Waals surface area contributed by atoms with E-state index in [0.717, 1.165) is 19.3 Å². The van der Waals surface area contributed by atoms with Gasteiger partial charge in [-0.2, -0.15) is 8.42 Å². The van der Waals surface area contributed by atoms with E-state index in [1.807, 2.05) is 0 Å². The van der Waals surface area contributed by atoms with E-state index in [9.17, 15) is 18.1 Å². The minimum absolute atomic E-state index is 0. The third-order valence-corrected chi connectivity index (χ3v) is 5.29. The minimum Gasteiger partial charge on any atom is -0.872 e. The fraction of sp³-hybridized carbons (Fsp3) is 0.429. The SMILES string of the molecule is CCCCCCCCCc1cccc(S(=O)(=O)O)c1Oc1cccc([O-])c1.[Na+]. The van der Waals surface area contributed by atoms with Gasteiger partial charge in [-0.05, 0) is 36.6 Å². The van der Waals surface area contributed by atoms with Gasteiger partial charge in [-0.1, -0.05) is 69.7 Å². The molecule has 0 aliphatic rings. The molecule has 28 heavy (non-hydrogen) atoms. The van der Waals surface area contributed by atoms with Crippen molar-refractivity contribution in [2.24, 2.45) is 0 Å². The van der Waals surface area contributed by atoms with Crippen LogP contribution in [-0.2, 0) is 16.5 Å². The number of benzene rings is 2. The van der Waals surface area contributed by atoms with Crippen molar-refractivity contribution in [2.75, 3.05) is 0 Å². The van der Waals surface area contributed by atoms with E-state index in [4.69, 9.17) is 4.74 Å². The van der Waals surface area contributed by atoms with Crippen molar-refractivity contribution >= 4 is 10.1 Å².